The van der Waals surface area contributed by atoms with Crippen LogP contribution in [-0.2, 0) is 52.1 Å². The fourth-order valence-corrected chi connectivity index (χ4v) is 8.75. The molecule has 7 aromatic rings. The smallest absolute Gasteiger partial charge is 0.338 e. The van der Waals surface area contributed by atoms with Crippen molar-refractivity contribution in [1.29, 1.82) is 0 Å². The Morgan fingerprint density at radius 3 is 0.838 bits per heavy atom. The molecule has 2 heterocycles. The lowest BCUT2D eigenvalue weighted by Gasteiger charge is -2.46. The van der Waals surface area contributed by atoms with Crippen LogP contribution >= 0.6 is 0 Å². The van der Waals surface area contributed by atoms with Crippen molar-refractivity contribution in [2.75, 3.05) is 20.3 Å². The predicted molar refractivity (Wildman–Crippen MR) is 281 cm³/mol. The van der Waals surface area contributed by atoms with Crippen molar-refractivity contribution in [2.24, 2.45) is 0 Å². The molecule has 0 radical (unpaired) electrons. The summed E-state index contributed by atoms with van der Waals surface area (Å²) in [5.74, 6) is -6.36. The summed E-state index contributed by atoms with van der Waals surface area (Å²) in [6.45, 7) is -1.40. The number of hydrogen-bond donors (Lipinski definition) is 0. The second-order valence-corrected chi connectivity index (χ2v) is 18.0. The highest BCUT2D eigenvalue weighted by Gasteiger charge is 2.56. The van der Waals surface area contributed by atoms with Crippen LogP contribution in [0.4, 0.5) is 0 Å². The largest absolute Gasteiger partial charge is 0.459 e. The molecule has 0 aromatic heterocycles. The number of benzene rings is 7. The van der Waals surface area contributed by atoms with Gasteiger partial charge in [0.15, 0.2) is 49.2 Å². The number of methoxy groups -OCH3 is 1. The van der Waals surface area contributed by atoms with Crippen LogP contribution in [0.15, 0.2) is 212 Å². The third-order valence-electron chi connectivity index (χ3n) is 12.7. The van der Waals surface area contributed by atoms with Gasteiger partial charge in [-0.15, -0.1) is 0 Å². The van der Waals surface area contributed by atoms with E-state index in [1.807, 2.05) is 0 Å². The van der Waals surface area contributed by atoms with Crippen molar-refractivity contribution >= 4 is 41.8 Å². The first-order valence-electron chi connectivity index (χ1n) is 25.3. The Hall–Kier alpha value is -9.33. The molecule has 2 saturated heterocycles. The van der Waals surface area contributed by atoms with Gasteiger partial charge < -0.3 is 52.1 Å². The monoisotopic (exact) mass is 1080 g/mol. The summed E-state index contributed by atoms with van der Waals surface area (Å²) in [6, 6.07) is 55.1. The minimum atomic E-state index is -1.86. The quantitative estimate of drug-likeness (QED) is 0.0549. The van der Waals surface area contributed by atoms with Gasteiger partial charge in [0.05, 0.1) is 45.6 Å². The SMILES string of the molecule is CO[C@H]1O[C@H](CO[C@@H]2O[C@H](COC(=O)c3ccccc3)[C@H](OC(=O)c3ccccc3)[C@H](OC(=O)c3ccccc3)[C@H]2OC(=O)c2ccccc2)[C@@H](OC(=O)c2ccccc2)[C@H](OC(=O)c2ccccc2)[C@H]1OC(=O)c1ccccc1. The highest BCUT2D eigenvalue weighted by Crippen LogP contribution is 2.35. The van der Waals surface area contributed by atoms with Gasteiger partial charge in [0.25, 0.3) is 0 Å². The number of carbonyl (C=O) groups excluding carboxylic acids is 7. The van der Waals surface area contributed by atoms with E-state index in [2.05, 4.69) is 0 Å². The Bertz CT molecular complexity index is 3190. The van der Waals surface area contributed by atoms with Gasteiger partial charge in [0.1, 0.15) is 18.8 Å². The second-order valence-electron chi connectivity index (χ2n) is 18.0. The first kappa shape index (κ1) is 55.4. The zero-order valence-electron chi connectivity index (χ0n) is 42.7. The molecule has 0 amide bonds. The summed E-state index contributed by atoms with van der Waals surface area (Å²) >= 11 is 0. The minimum Gasteiger partial charge on any atom is -0.459 e. The summed E-state index contributed by atoms with van der Waals surface area (Å²) in [7, 11) is 1.24. The van der Waals surface area contributed by atoms with Crippen LogP contribution in [0.5, 0.6) is 0 Å². The second kappa shape index (κ2) is 26.8. The van der Waals surface area contributed by atoms with Gasteiger partial charge in [0, 0.05) is 7.11 Å². The highest BCUT2D eigenvalue weighted by atomic mass is 16.8. The summed E-state index contributed by atoms with van der Waals surface area (Å²) in [5, 5.41) is 0. The molecule has 0 N–H and O–H groups in total. The molecule has 0 spiro atoms. The van der Waals surface area contributed by atoms with Gasteiger partial charge in [-0.1, -0.05) is 127 Å². The molecule has 18 nitrogen and oxygen atoms in total. The maximum Gasteiger partial charge on any atom is 0.338 e. The molecule has 0 unspecified atom stereocenters. The van der Waals surface area contributed by atoms with E-state index in [0.29, 0.717) is 0 Å². The first-order chi connectivity index (χ1) is 39.0. The summed E-state index contributed by atoms with van der Waals surface area (Å²) < 4.78 is 68.3. The first-order valence-corrected chi connectivity index (χ1v) is 25.3. The maximum absolute atomic E-state index is 14.3. The third kappa shape index (κ3) is 13.9. The van der Waals surface area contributed by atoms with E-state index in [9.17, 15) is 33.6 Å². The van der Waals surface area contributed by atoms with Crippen LogP contribution in [0.1, 0.15) is 72.5 Å². The fraction of sp³-hybridized carbons (Fsp3) is 0.210. The van der Waals surface area contributed by atoms with E-state index in [4.69, 9.17) is 52.1 Å². The molecule has 2 aliphatic heterocycles. The Kier molecular flexibility index (Phi) is 18.6. The molecule has 10 atom stereocenters. The molecule has 0 bridgehead atoms. The summed E-state index contributed by atoms with van der Waals surface area (Å²) in [4.78, 5) is 98.6. The molecule has 2 aliphatic rings. The molecule has 408 valence electrons. The Morgan fingerprint density at radius 2 is 0.537 bits per heavy atom. The standard InChI is InChI=1S/C62H52O18/c1-70-61-52(79-59(68)44-33-19-7-20-34-44)50(77-57(66)42-29-15-5-16-30-42)49(76-56(65)41-27-13-4-14-28-41)47(73-61)38-72-62-53(80-60(69)45-35-21-8-22-36-45)51(78-58(67)43-31-17-6-18-32-43)48(75-55(64)40-25-11-3-12-26-40)46(74-62)37-71-54(63)39-23-9-2-10-24-39/h2-36,46-53,61-62H,37-38H2,1H3/t46-,47-,48+,49-,50+,51+,52-,53-,61+,62-/m1/s1. The van der Waals surface area contributed by atoms with Crippen molar-refractivity contribution in [3.63, 3.8) is 0 Å². The fourth-order valence-electron chi connectivity index (χ4n) is 8.75. The number of carbonyl (C=O) groups is 7. The Balaban J connectivity index is 1.13. The van der Waals surface area contributed by atoms with Gasteiger partial charge in [-0.2, -0.15) is 0 Å². The van der Waals surface area contributed by atoms with E-state index < -0.39 is 116 Å². The van der Waals surface area contributed by atoms with Gasteiger partial charge >= 0.3 is 41.8 Å². The van der Waals surface area contributed by atoms with E-state index >= 15 is 0 Å². The van der Waals surface area contributed by atoms with Crippen LogP contribution in [0.25, 0.3) is 0 Å². The highest BCUT2D eigenvalue weighted by molar-refractivity contribution is 5.93. The van der Waals surface area contributed by atoms with E-state index in [-0.39, 0.29) is 38.9 Å². The van der Waals surface area contributed by atoms with Crippen molar-refractivity contribution in [3.05, 3.63) is 251 Å². The minimum absolute atomic E-state index is 0.0433. The van der Waals surface area contributed by atoms with Gasteiger partial charge in [-0.05, 0) is 84.9 Å². The molecule has 0 aliphatic carbocycles. The average Bonchev–Trinajstić information content (AvgIpc) is 3.71. The molecule has 18 heteroatoms. The molecule has 80 heavy (non-hydrogen) atoms. The van der Waals surface area contributed by atoms with Crippen LogP contribution in [0.3, 0.4) is 0 Å². The average molecular weight is 1090 g/mol. The van der Waals surface area contributed by atoms with Crippen LogP contribution < -0.4 is 0 Å². The number of esters is 7. The van der Waals surface area contributed by atoms with Crippen LogP contribution in [-0.4, -0.2) is 124 Å². The normalized spacial score (nSPS) is 22.3. The third-order valence-corrected chi connectivity index (χ3v) is 12.7. The number of rotatable bonds is 19. The zero-order valence-corrected chi connectivity index (χ0v) is 42.7. The number of ether oxygens (including phenoxy) is 11. The van der Waals surface area contributed by atoms with Crippen molar-refractivity contribution < 1.29 is 85.7 Å². The van der Waals surface area contributed by atoms with E-state index in [1.165, 1.54) is 92.0 Å². The lowest BCUT2D eigenvalue weighted by Crippen LogP contribution is -2.65. The van der Waals surface area contributed by atoms with Gasteiger partial charge in [-0.3, -0.25) is 0 Å². The molecular weight excluding hydrogens is 1030 g/mol. The summed E-state index contributed by atoms with van der Waals surface area (Å²) in [5.41, 5.74) is 0.591. The molecule has 0 saturated carbocycles. The van der Waals surface area contributed by atoms with Crippen molar-refractivity contribution in [2.45, 2.75) is 61.4 Å². The summed E-state index contributed by atoms with van der Waals surface area (Å²) in [6.07, 6.45) is -16.9. The Morgan fingerprint density at radius 1 is 0.300 bits per heavy atom. The lowest BCUT2D eigenvalue weighted by molar-refractivity contribution is -0.325. The topological polar surface area (TPSA) is 221 Å². The van der Waals surface area contributed by atoms with Crippen LogP contribution in [0.2, 0.25) is 0 Å². The van der Waals surface area contributed by atoms with Crippen molar-refractivity contribution in [1.82, 2.24) is 0 Å². The van der Waals surface area contributed by atoms with Crippen LogP contribution in [0, 0.1) is 0 Å². The predicted octanol–water partition coefficient (Wildman–Crippen LogP) is 8.31. The van der Waals surface area contributed by atoms with Gasteiger partial charge in [-0.25, -0.2) is 33.6 Å². The maximum atomic E-state index is 14.3. The van der Waals surface area contributed by atoms with E-state index in [1.54, 1.807) is 127 Å². The zero-order chi connectivity index (χ0) is 55.8. The van der Waals surface area contributed by atoms with Crippen molar-refractivity contribution in [3.8, 4) is 0 Å². The molecule has 2 fully saturated rings. The number of hydrogen-bond acceptors (Lipinski definition) is 18. The molecule has 7 aromatic carbocycles. The van der Waals surface area contributed by atoms with E-state index in [0.717, 1.165) is 0 Å². The molecular formula is C62H52O18. The Labute approximate surface area is 458 Å². The van der Waals surface area contributed by atoms with Gasteiger partial charge in [0.2, 0.25) is 0 Å². The molecule has 9 rings (SSSR count). The lowest BCUT2D eigenvalue weighted by atomic mass is 9.96.